The Morgan fingerprint density at radius 1 is 1.50 bits per heavy atom. The molecule has 0 aliphatic carbocycles. The number of aromatic amines is 1. The predicted octanol–water partition coefficient (Wildman–Crippen LogP) is 1.98. The summed E-state index contributed by atoms with van der Waals surface area (Å²) in [5.74, 6) is -1.33. The van der Waals surface area contributed by atoms with Crippen molar-refractivity contribution in [3.05, 3.63) is 45.5 Å². The Balaban J connectivity index is 2.39. The number of H-pyrrole nitrogens is 1. The van der Waals surface area contributed by atoms with Gasteiger partial charge in [-0.25, -0.2) is 9.18 Å². The molecule has 0 radical (unpaired) electrons. The minimum Gasteiger partial charge on any atom is -0.465 e. The smallest absolute Gasteiger partial charge is 0.338 e. The Morgan fingerprint density at radius 3 is 2.90 bits per heavy atom. The van der Waals surface area contributed by atoms with Crippen molar-refractivity contribution >= 4 is 28.2 Å². The van der Waals surface area contributed by atoms with Gasteiger partial charge < -0.3 is 10.1 Å². The minimum absolute atomic E-state index is 0.0244. The van der Waals surface area contributed by atoms with Crippen LogP contribution in [0, 0.1) is 17.1 Å². The van der Waals surface area contributed by atoms with E-state index in [-0.39, 0.29) is 21.8 Å². The average Bonchev–Trinajstić information content (AvgIpc) is 2.77. The zero-order valence-electron chi connectivity index (χ0n) is 10.2. The van der Waals surface area contributed by atoms with Crippen molar-refractivity contribution < 1.29 is 13.9 Å². The van der Waals surface area contributed by atoms with Crippen molar-refractivity contribution in [1.29, 1.82) is 5.26 Å². The topological polar surface area (TPSA) is 95.0 Å². The van der Waals surface area contributed by atoms with E-state index in [1.165, 1.54) is 13.2 Å². The second-order valence-corrected chi connectivity index (χ2v) is 4.51. The van der Waals surface area contributed by atoms with Gasteiger partial charge in [-0.05, 0) is 29.7 Å². The number of hydrogen-bond donors (Lipinski definition) is 2. The average molecular weight is 293 g/mol. The highest BCUT2D eigenvalue weighted by Crippen LogP contribution is 2.23. The quantitative estimate of drug-likeness (QED) is 0.844. The van der Waals surface area contributed by atoms with Crippen LogP contribution in [-0.4, -0.2) is 17.5 Å². The van der Waals surface area contributed by atoms with E-state index in [2.05, 4.69) is 14.4 Å². The SMILES string of the molecule is COC(=O)c1cc(F)cc(Nc2s[nH]c(=O)c2C#N)c1. The lowest BCUT2D eigenvalue weighted by Crippen LogP contribution is -2.04. The first-order valence-corrected chi connectivity index (χ1v) is 6.14. The summed E-state index contributed by atoms with van der Waals surface area (Å²) >= 11 is 0.912. The molecule has 0 saturated heterocycles. The van der Waals surface area contributed by atoms with Crippen LogP contribution in [-0.2, 0) is 4.74 Å². The molecule has 8 heteroatoms. The van der Waals surface area contributed by atoms with Crippen molar-refractivity contribution in [1.82, 2.24) is 4.37 Å². The number of halogens is 1. The van der Waals surface area contributed by atoms with Gasteiger partial charge in [-0.3, -0.25) is 9.17 Å². The summed E-state index contributed by atoms with van der Waals surface area (Å²) in [5, 5.41) is 11.8. The summed E-state index contributed by atoms with van der Waals surface area (Å²) in [7, 11) is 1.19. The van der Waals surface area contributed by atoms with Gasteiger partial charge in [0.15, 0.2) is 5.56 Å². The van der Waals surface area contributed by atoms with Gasteiger partial charge in [-0.15, -0.1) is 0 Å². The van der Waals surface area contributed by atoms with Gasteiger partial charge in [0.1, 0.15) is 16.9 Å². The second-order valence-electron chi connectivity index (χ2n) is 3.69. The Bertz CT molecular complexity index is 760. The standard InChI is InChI=1S/C12H8FN3O3S/c1-19-12(18)6-2-7(13)4-8(3-6)15-11-9(5-14)10(17)16-20-11/h2-4,15H,1H3,(H,16,17). The maximum absolute atomic E-state index is 13.4. The van der Waals surface area contributed by atoms with Crippen molar-refractivity contribution in [2.24, 2.45) is 0 Å². The highest BCUT2D eigenvalue weighted by molar-refractivity contribution is 7.10. The number of hydrogen-bond acceptors (Lipinski definition) is 6. The second kappa shape index (κ2) is 5.54. The Morgan fingerprint density at radius 2 is 2.25 bits per heavy atom. The molecular weight excluding hydrogens is 285 g/mol. The molecule has 0 aliphatic heterocycles. The maximum atomic E-state index is 13.4. The fourth-order valence-electron chi connectivity index (χ4n) is 1.52. The van der Waals surface area contributed by atoms with Crippen LogP contribution in [0.25, 0.3) is 0 Å². The molecule has 0 aliphatic rings. The molecule has 0 bridgehead atoms. The van der Waals surface area contributed by atoms with E-state index in [0.29, 0.717) is 0 Å². The lowest BCUT2D eigenvalue weighted by molar-refractivity contribution is 0.0600. The van der Waals surface area contributed by atoms with Crippen LogP contribution in [0.3, 0.4) is 0 Å². The van der Waals surface area contributed by atoms with Gasteiger partial charge in [0.25, 0.3) is 5.56 Å². The fraction of sp³-hybridized carbons (Fsp3) is 0.0833. The highest BCUT2D eigenvalue weighted by atomic mass is 32.1. The number of nitrogens with zero attached hydrogens (tertiary/aromatic N) is 1. The molecule has 2 aromatic rings. The molecule has 1 heterocycles. The van der Waals surface area contributed by atoms with Crippen molar-refractivity contribution in [3.63, 3.8) is 0 Å². The summed E-state index contributed by atoms with van der Waals surface area (Å²) in [6, 6.07) is 5.27. The number of nitrogens with one attached hydrogen (secondary N) is 2. The van der Waals surface area contributed by atoms with E-state index >= 15 is 0 Å². The van der Waals surface area contributed by atoms with Crippen LogP contribution in [0.15, 0.2) is 23.0 Å². The summed E-state index contributed by atoms with van der Waals surface area (Å²) in [4.78, 5) is 22.7. The third kappa shape index (κ3) is 2.67. The molecule has 20 heavy (non-hydrogen) atoms. The van der Waals surface area contributed by atoms with Crippen molar-refractivity contribution in [2.75, 3.05) is 12.4 Å². The number of nitriles is 1. The third-order valence-corrected chi connectivity index (χ3v) is 3.19. The number of anilines is 2. The number of ether oxygens (including phenoxy) is 1. The molecule has 0 amide bonds. The fourth-order valence-corrected chi connectivity index (χ4v) is 2.23. The number of methoxy groups -OCH3 is 1. The van der Waals surface area contributed by atoms with Gasteiger partial charge in [-0.2, -0.15) is 5.26 Å². The number of benzene rings is 1. The molecular formula is C12H8FN3O3S. The molecule has 6 nitrogen and oxygen atoms in total. The summed E-state index contributed by atoms with van der Waals surface area (Å²) < 4.78 is 20.3. The Labute approximate surface area is 116 Å². The van der Waals surface area contributed by atoms with Crippen LogP contribution in [0.5, 0.6) is 0 Å². The van der Waals surface area contributed by atoms with E-state index in [9.17, 15) is 14.0 Å². The van der Waals surface area contributed by atoms with Crippen LogP contribution in [0.1, 0.15) is 15.9 Å². The van der Waals surface area contributed by atoms with Crippen LogP contribution in [0.2, 0.25) is 0 Å². The number of esters is 1. The molecule has 0 saturated carbocycles. The van der Waals surface area contributed by atoms with Crippen LogP contribution < -0.4 is 10.9 Å². The van der Waals surface area contributed by atoms with E-state index < -0.39 is 17.3 Å². The third-order valence-electron chi connectivity index (χ3n) is 2.39. The summed E-state index contributed by atoms with van der Waals surface area (Å²) in [6.45, 7) is 0. The first-order valence-electron chi connectivity index (χ1n) is 5.32. The zero-order valence-corrected chi connectivity index (χ0v) is 11.0. The van der Waals surface area contributed by atoms with Crippen LogP contribution in [0.4, 0.5) is 15.1 Å². The number of carbonyl (C=O) groups is 1. The normalized spacial score (nSPS) is 9.85. The van der Waals surface area contributed by atoms with Crippen LogP contribution >= 0.6 is 11.5 Å². The van der Waals surface area contributed by atoms with E-state index in [1.807, 2.05) is 0 Å². The van der Waals surface area contributed by atoms with Gasteiger partial charge in [0, 0.05) is 5.69 Å². The molecule has 0 atom stereocenters. The molecule has 0 spiro atoms. The lowest BCUT2D eigenvalue weighted by Gasteiger charge is -2.06. The van der Waals surface area contributed by atoms with E-state index in [1.54, 1.807) is 6.07 Å². The van der Waals surface area contributed by atoms with Crippen molar-refractivity contribution in [3.8, 4) is 6.07 Å². The minimum atomic E-state index is -0.685. The van der Waals surface area contributed by atoms with Gasteiger partial charge in [0.2, 0.25) is 0 Å². The predicted molar refractivity (Wildman–Crippen MR) is 70.7 cm³/mol. The molecule has 0 fully saturated rings. The number of aromatic nitrogens is 1. The molecule has 102 valence electrons. The zero-order chi connectivity index (χ0) is 14.7. The Hall–Kier alpha value is -2.66. The molecule has 1 aromatic heterocycles. The maximum Gasteiger partial charge on any atom is 0.338 e. The lowest BCUT2D eigenvalue weighted by atomic mass is 10.2. The summed E-state index contributed by atoms with van der Waals surface area (Å²) in [6.07, 6.45) is 0. The molecule has 0 unspecified atom stereocenters. The largest absolute Gasteiger partial charge is 0.465 e. The molecule has 2 N–H and O–H groups in total. The van der Waals surface area contributed by atoms with Gasteiger partial charge in [0.05, 0.1) is 12.7 Å². The van der Waals surface area contributed by atoms with E-state index in [4.69, 9.17) is 5.26 Å². The number of rotatable bonds is 3. The highest BCUT2D eigenvalue weighted by Gasteiger charge is 2.13. The van der Waals surface area contributed by atoms with Gasteiger partial charge in [-0.1, -0.05) is 0 Å². The first-order chi connectivity index (χ1) is 9.55. The summed E-state index contributed by atoms with van der Waals surface area (Å²) in [5.41, 5.74) is -0.364. The first kappa shape index (κ1) is 13.8. The van der Waals surface area contributed by atoms with E-state index in [0.717, 1.165) is 23.7 Å². The molecule has 1 aromatic carbocycles. The van der Waals surface area contributed by atoms with Gasteiger partial charge >= 0.3 is 5.97 Å². The molecule has 2 rings (SSSR count). The van der Waals surface area contributed by atoms with Crippen molar-refractivity contribution in [2.45, 2.75) is 0 Å². The monoisotopic (exact) mass is 293 g/mol. The Kier molecular flexibility index (Phi) is 3.81. The number of carbonyl (C=O) groups excluding carboxylic acids is 1.